The smallest absolute Gasteiger partial charge is 0.258 e. The van der Waals surface area contributed by atoms with E-state index in [0.717, 1.165) is 0 Å². The molecule has 27 heavy (non-hydrogen) atoms. The van der Waals surface area contributed by atoms with Crippen LogP contribution < -0.4 is 0 Å². The Morgan fingerprint density at radius 2 is 1.22 bits per heavy atom. The number of benzene rings is 2. The third kappa shape index (κ3) is 3.83. The van der Waals surface area contributed by atoms with E-state index in [0.29, 0.717) is 11.3 Å². The van der Waals surface area contributed by atoms with Crippen LogP contribution in [0.3, 0.4) is 0 Å². The lowest BCUT2D eigenvalue weighted by atomic mass is 10.1. The van der Waals surface area contributed by atoms with E-state index in [1.807, 2.05) is 0 Å². The Labute approximate surface area is 183 Å². The summed E-state index contributed by atoms with van der Waals surface area (Å²) in [6, 6.07) is 8.92. The highest BCUT2D eigenvalue weighted by molar-refractivity contribution is 6.50. The molecule has 10 heteroatoms. The zero-order chi connectivity index (χ0) is 19.9. The van der Waals surface area contributed by atoms with Gasteiger partial charge in [-0.05, 0) is 30.3 Å². The van der Waals surface area contributed by atoms with Crippen LogP contribution in [0.4, 0.5) is 5.69 Å². The summed E-state index contributed by atoms with van der Waals surface area (Å²) < 4.78 is 0. The first-order chi connectivity index (χ1) is 12.7. The molecule has 0 saturated heterocycles. The van der Waals surface area contributed by atoms with Gasteiger partial charge in [0.25, 0.3) is 5.69 Å². The number of pyridine rings is 1. The topological polar surface area (TPSA) is 56.0 Å². The molecule has 0 fully saturated rings. The van der Waals surface area contributed by atoms with Gasteiger partial charge in [0.15, 0.2) is 0 Å². The number of hydrogen-bond acceptors (Lipinski definition) is 3. The maximum atomic E-state index is 11.5. The van der Waals surface area contributed by atoms with Gasteiger partial charge in [-0.2, -0.15) is 0 Å². The summed E-state index contributed by atoms with van der Waals surface area (Å²) in [5.41, 5.74) is 0.828. The van der Waals surface area contributed by atoms with Crippen LogP contribution >= 0.6 is 69.6 Å². The zero-order valence-corrected chi connectivity index (χ0v) is 17.5. The van der Waals surface area contributed by atoms with Gasteiger partial charge in [0, 0.05) is 17.2 Å². The van der Waals surface area contributed by atoms with E-state index in [2.05, 4.69) is 4.98 Å². The molecule has 0 aliphatic carbocycles. The molecule has 0 amide bonds. The molecule has 0 aliphatic rings. The Morgan fingerprint density at radius 1 is 0.704 bits per heavy atom. The van der Waals surface area contributed by atoms with E-state index in [1.165, 1.54) is 24.3 Å². The van der Waals surface area contributed by atoms with Gasteiger partial charge >= 0.3 is 0 Å². The Balaban J connectivity index is 2.29. The average molecular weight is 483 g/mol. The summed E-state index contributed by atoms with van der Waals surface area (Å²) in [6.07, 6.45) is 0. The van der Waals surface area contributed by atoms with Crippen LogP contribution in [0.1, 0.15) is 0 Å². The molecule has 3 rings (SSSR count). The van der Waals surface area contributed by atoms with Gasteiger partial charge in [-0.25, -0.2) is 4.98 Å². The van der Waals surface area contributed by atoms with E-state index >= 15 is 0 Å². The fourth-order valence-electron chi connectivity index (χ4n) is 2.38. The molecule has 1 aromatic heterocycles. The largest absolute Gasteiger partial charge is 0.295 e. The molecular weight excluding hydrogens is 477 g/mol. The lowest BCUT2D eigenvalue weighted by Crippen LogP contribution is -1.98. The molecule has 0 spiro atoms. The number of nitro groups is 1. The minimum absolute atomic E-state index is 0.0169. The van der Waals surface area contributed by atoms with E-state index in [1.54, 1.807) is 12.1 Å². The van der Waals surface area contributed by atoms with Gasteiger partial charge in [-0.1, -0.05) is 69.6 Å². The second kappa shape index (κ2) is 8.00. The van der Waals surface area contributed by atoms with Gasteiger partial charge in [0.2, 0.25) is 0 Å². The summed E-state index contributed by atoms with van der Waals surface area (Å²) in [5, 5.41) is 12.4. The summed E-state index contributed by atoms with van der Waals surface area (Å²) in [5.74, 6) is 0. The van der Waals surface area contributed by atoms with E-state index in [-0.39, 0.29) is 47.1 Å². The third-order valence-corrected chi connectivity index (χ3v) is 6.26. The number of nitrogens with zero attached hydrogens (tertiary/aromatic N) is 2. The standard InChI is InChI=1S/C17H6Cl6N2O2/c18-9-3-1-7(13(20)15(9)22)11-5-6-12(25(26)27)17(24-11)8-2-4-10(19)16(23)14(8)21/h1-6H. The first-order valence-corrected chi connectivity index (χ1v) is 9.42. The monoisotopic (exact) mass is 480 g/mol. The van der Waals surface area contributed by atoms with Crippen LogP contribution in [-0.4, -0.2) is 9.91 Å². The highest BCUT2D eigenvalue weighted by atomic mass is 35.5. The van der Waals surface area contributed by atoms with Crippen molar-refractivity contribution in [1.82, 2.24) is 4.98 Å². The van der Waals surface area contributed by atoms with Crippen molar-refractivity contribution in [2.24, 2.45) is 0 Å². The lowest BCUT2D eigenvalue weighted by molar-refractivity contribution is -0.384. The number of halogens is 6. The predicted octanol–water partition coefficient (Wildman–Crippen LogP) is 8.24. The Bertz CT molecular complexity index is 1090. The van der Waals surface area contributed by atoms with Crippen LogP contribution in [0.25, 0.3) is 22.5 Å². The molecule has 0 saturated carbocycles. The molecular formula is C17H6Cl6N2O2. The van der Waals surface area contributed by atoms with Crippen molar-refractivity contribution in [1.29, 1.82) is 0 Å². The molecule has 138 valence electrons. The van der Waals surface area contributed by atoms with E-state index < -0.39 is 4.92 Å². The van der Waals surface area contributed by atoms with Crippen LogP contribution in [0.15, 0.2) is 36.4 Å². The van der Waals surface area contributed by atoms with Crippen molar-refractivity contribution in [2.45, 2.75) is 0 Å². The van der Waals surface area contributed by atoms with E-state index in [9.17, 15) is 10.1 Å². The van der Waals surface area contributed by atoms with Crippen molar-refractivity contribution in [2.75, 3.05) is 0 Å². The fourth-order valence-corrected chi connectivity index (χ4v) is 3.64. The fraction of sp³-hybridized carbons (Fsp3) is 0. The first-order valence-electron chi connectivity index (χ1n) is 7.15. The molecule has 1 heterocycles. The van der Waals surface area contributed by atoms with Crippen LogP contribution in [-0.2, 0) is 0 Å². The van der Waals surface area contributed by atoms with Gasteiger partial charge in [-0.15, -0.1) is 0 Å². The molecule has 0 atom stereocenters. The SMILES string of the molecule is O=[N+]([O-])c1ccc(-c2ccc(Cl)c(Cl)c2Cl)nc1-c1ccc(Cl)c(Cl)c1Cl. The second-order valence-corrected chi connectivity index (χ2v) is 7.59. The number of hydrogen-bond donors (Lipinski definition) is 0. The average Bonchev–Trinajstić information content (AvgIpc) is 2.64. The van der Waals surface area contributed by atoms with Gasteiger partial charge in [0.1, 0.15) is 5.69 Å². The summed E-state index contributed by atoms with van der Waals surface area (Å²) in [6.45, 7) is 0. The van der Waals surface area contributed by atoms with Gasteiger partial charge < -0.3 is 0 Å². The van der Waals surface area contributed by atoms with Crippen LogP contribution in [0.2, 0.25) is 30.1 Å². The highest BCUT2D eigenvalue weighted by Gasteiger charge is 2.23. The summed E-state index contributed by atoms with van der Waals surface area (Å²) in [4.78, 5) is 15.3. The summed E-state index contributed by atoms with van der Waals surface area (Å²) in [7, 11) is 0. The minimum Gasteiger partial charge on any atom is -0.258 e. The Hall–Kier alpha value is -1.27. The van der Waals surface area contributed by atoms with Crippen LogP contribution in [0, 0.1) is 10.1 Å². The quantitative estimate of drug-likeness (QED) is 0.214. The van der Waals surface area contributed by atoms with E-state index in [4.69, 9.17) is 69.6 Å². The second-order valence-electron chi connectivity index (χ2n) is 5.27. The molecule has 0 aliphatic heterocycles. The Kier molecular flexibility index (Phi) is 6.06. The molecule has 3 aromatic rings. The predicted molar refractivity (Wildman–Crippen MR) is 112 cm³/mol. The number of aromatic nitrogens is 1. The van der Waals surface area contributed by atoms with Crippen molar-refractivity contribution in [3.05, 3.63) is 76.6 Å². The van der Waals surface area contributed by atoms with Gasteiger partial charge in [-0.3, -0.25) is 10.1 Å². The third-order valence-electron chi connectivity index (χ3n) is 3.67. The maximum Gasteiger partial charge on any atom is 0.295 e. The first kappa shape index (κ1) is 20.5. The molecule has 2 aromatic carbocycles. The van der Waals surface area contributed by atoms with Crippen molar-refractivity contribution >= 4 is 75.3 Å². The normalized spacial score (nSPS) is 10.9. The number of rotatable bonds is 3. The highest BCUT2D eigenvalue weighted by Crippen LogP contribution is 2.42. The van der Waals surface area contributed by atoms with Crippen molar-refractivity contribution in [3.8, 4) is 22.5 Å². The molecule has 0 unspecified atom stereocenters. The molecule has 0 N–H and O–H groups in total. The molecule has 4 nitrogen and oxygen atoms in total. The van der Waals surface area contributed by atoms with Gasteiger partial charge in [0.05, 0.1) is 40.8 Å². The maximum absolute atomic E-state index is 11.5. The van der Waals surface area contributed by atoms with Crippen molar-refractivity contribution in [3.63, 3.8) is 0 Å². The molecule has 0 radical (unpaired) electrons. The lowest BCUT2D eigenvalue weighted by Gasteiger charge is -2.11. The molecule has 0 bridgehead atoms. The summed E-state index contributed by atoms with van der Waals surface area (Å²) >= 11 is 36.5. The Morgan fingerprint density at radius 3 is 1.78 bits per heavy atom. The van der Waals surface area contributed by atoms with Crippen molar-refractivity contribution < 1.29 is 4.92 Å². The zero-order valence-electron chi connectivity index (χ0n) is 12.9. The van der Waals surface area contributed by atoms with Crippen LogP contribution in [0.5, 0.6) is 0 Å². The minimum atomic E-state index is -0.568.